The van der Waals surface area contributed by atoms with Crippen LogP contribution in [0.2, 0.25) is 0 Å². The van der Waals surface area contributed by atoms with Gasteiger partial charge in [-0.3, -0.25) is 0 Å². The van der Waals surface area contributed by atoms with Crippen LogP contribution in [0, 0.1) is 0 Å². The predicted molar refractivity (Wildman–Crippen MR) is 48.4 cm³/mol. The van der Waals surface area contributed by atoms with Crippen LogP contribution in [0.25, 0.3) is 0 Å². The summed E-state index contributed by atoms with van der Waals surface area (Å²) < 4.78 is 4.89. The first-order valence-corrected chi connectivity index (χ1v) is 4.51. The number of benzene rings is 1. The molecule has 0 heterocycles. The van der Waals surface area contributed by atoms with E-state index in [0.717, 1.165) is 0 Å². The van der Waals surface area contributed by atoms with Crippen molar-refractivity contribution in [2.45, 2.75) is 0 Å². The number of rotatable bonds is 2. The molecular weight excluding hydrogens is 177 g/mol. The molecule has 0 aliphatic rings. The predicted octanol–water partition coefficient (Wildman–Crippen LogP) is 0.199. The SMILES string of the molecule is COc1ccc(N)c(P(O)O)c1. The van der Waals surface area contributed by atoms with Crippen LogP contribution in [0.15, 0.2) is 18.2 Å². The van der Waals surface area contributed by atoms with Crippen molar-refractivity contribution in [3.8, 4) is 5.75 Å². The van der Waals surface area contributed by atoms with Gasteiger partial charge in [0.05, 0.1) is 12.4 Å². The molecule has 66 valence electrons. The topological polar surface area (TPSA) is 75.7 Å². The van der Waals surface area contributed by atoms with Crippen LogP contribution in [0.1, 0.15) is 0 Å². The second-order valence-electron chi connectivity index (χ2n) is 2.21. The van der Waals surface area contributed by atoms with E-state index in [1.54, 1.807) is 12.1 Å². The Morgan fingerprint density at radius 2 is 2.08 bits per heavy atom. The van der Waals surface area contributed by atoms with Crippen LogP contribution >= 0.6 is 8.38 Å². The van der Waals surface area contributed by atoms with Crippen LogP contribution in [-0.2, 0) is 0 Å². The van der Waals surface area contributed by atoms with Crippen molar-refractivity contribution in [3.05, 3.63) is 18.2 Å². The van der Waals surface area contributed by atoms with E-state index >= 15 is 0 Å². The van der Waals surface area contributed by atoms with Gasteiger partial charge >= 0.3 is 0 Å². The van der Waals surface area contributed by atoms with E-state index in [1.807, 2.05) is 0 Å². The fourth-order valence-corrected chi connectivity index (χ4v) is 1.37. The van der Waals surface area contributed by atoms with Gasteiger partial charge < -0.3 is 20.3 Å². The maximum Gasteiger partial charge on any atom is 0.201 e. The highest BCUT2D eigenvalue weighted by molar-refractivity contribution is 7.54. The minimum atomic E-state index is -2.14. The zero-order valence-electron chi connectivity index (χ0n) is 6.56. The van der Waals surface area contributed by atoms with Crippen LogP contribution in [-0.4, -0.2) is 16.9 Å². The average molecular weight is 187 g/mol. The molecule has 0 saturated carbocycles. The minimum absolute atomic E-state index is 0.323. The maximum absolute atomic E-state index is 8.91. The van der Waals surface area contributed by atoms with Crippen molar-refractivity contribution in [1.82, 2.24) is 0 Å². The second kappa shape index (κ2) is 3.72. The summed E-state index contributed by atoms with van der Waals surface area (Å²) in [5, 5.41) is 0.323. The Morgan fingerprint density at radius 3 is 2.58 bits per heavy atom. The monoisotopic (exact) mass is 187 g/mol. The van der Waals surface area contributed by atoms with Gasteiger partial charge in [-0.2, -0.15) is 0 Å². The highest BCUT2D eigenvalue weighted by Crippen LogP contribution is 2.27. The first-order chi connectivity index (χ1) is 5.65. The Balaban J connectivity index is 3.08. The molecular formula is C7H10NO3P. The number of hydrogen-bond acceptors (Lipinski definition) is 4. The Morgan fingerprint density at radius 1 is 1.42 bits per heavy atom. The third-order valence-corrected chi connectivity index (χ3v) is 2.27. The van der Waals surface area contributed by atoms with Gasteiger partial charge in [0.2, 0.25) is 8.38 Å². The third-order valence-electron chi connectivity index (χ3n) is 1.45. The molecule has 1 rings (SSSR count). The van der Waals surface area contributed by atoms with E-state index < -0.39 is 8.38 Å². The number of nitrogens with two attached hydrogens (primary N) is 1. The summed E-state index contributed by atoms with van der Waals surface area (Å²) in [5.41, 5.74) is 5.85. The molecule has 0 atom stereocenters. The maximum atomic E-state index is 8.91. The largest absolute Gasteiger partial charge is 0.497 e. The van der Waals surface area contributed by atoms with Crippen molar-refractivity contribution >= 4 is 19.4 Å². The quantitative estimate of drug-likeness (QED) is 0.456. The number of anilines is 1. The Kier molecular flexibility index (Phi) is 2.87. The molecule has 0 bridgehead atoms. The van der Waals surface area contributed by atoms with Crippen molar-refractivity contribution in [3.63, 3.8) is 0 Å². The lowest BCUT2D eigenvalue weighted by Crippen LogP contribution is -2.07. The van der Waals surface area contributed by atoms with Gasteiger partial charge in [0.15, 0.2) is 0 Å². The molecule has 5 heteroatoms. The highest BCUT2D eigenvalue weighted by Gasteiger charge is 2.08. The second-order valence-corrected chi connectivity index (χ2v) is 3.27. The van der Waals surface area contributed by atoms with Crippen LogP contribution in [0.3, 0.4) is 0 Å². The van der Waals surface area contributed by atoms with E-state index in [4.69, 9.17) is 20.3 Å². The van der Waals surface area contributed by atoms with Crippen LogP contribution in [0.5, 0.6) is 5.75 Å². The fraction of sp³-hybridized carbons (Fsp3) is 0.143. The first kappa shape index (κ1) is 9.26. The Hall–Kier alpha value is -0.830. The van der Waals surface area contributed by atoms with Gasteiger partial charge in [-0.15, -0.1) is 0 Å². The average Bonchev–Trinajstić information content (AvgIpc) is 2.05. The van der Waals surface area contributed by atoms with Crippen molar-refractivity contribution in [2.75, 3.05) is 12.8 Å². The zero-order valence-corrected chi connectivity index (χ0v) is 7.45. The summed E-state index contributed by atoms with van der Waals surface area (Å²) in [6.45, 7) is 0. The molecule has 0 fully saturated rings. The van der Waals surface area contributed by atoms with Crippen molar-refractivity contribution in [1.29, 1.82) is 0 Å². The van der Waals surface area contributed by atoms with E-state index in [0.29, 0.717) is 16.7 Å². The smallest absolute Gasteiger partial charge is 0.201 e. The molecule has 1 aromatic carbocycles. The molecule has 1 aromatic rings. The first-order valence-electron chi connectivity index (χ1n) is 3.26. The number of hydrogen-bond donors (Lipinski definition) is 3. The molecule has 4 nitrogen and oxygen atoms in total. The van der Waals surface area contributed by atoms with Gasteiger partial charge in [-0.1, -0.05) is 0 Å². The van der Waals surface area contributed by atoms with E-state index in [2.05, 4.69) is 0 Å². The molecule has 0 amide bonds. The lowest BCUT2D eigenvalue weighted by Gasteiger charge is -2.07. The van der Waals surface area contributed by atoms with Crippen LogP contribution < -0.4 is 15.8 Å². The minimum Gasteiger partial charge on any atom is -0.497 e. The molecule has 12 heavy (non-hydrogen) atoms. The van der Waals surface area contributed by atoms with Crippen molar-refractivity contribution in [2.24, 2.45) is 0 Å². The summed E-state index contributed by atoms with van der Waals surface area (Å²) in [5.74, 6) is 0.565. The van der Waals surface area contributed by atoms with Crippen molar-refractivity contribution < 1.29 is 14.5 Å². The zero-order chi connectivity index (χ0) is 9.14. The lowest BCUT2D eigenvalue weighted by atomic mass is 10.3. The molecule has 0 unspecified atom stereocenters. The van der Waals surface area contributed by atoms with Gasteiger partial charge in [0, 0.05) is 5.69 Å². The van der Waals surface area contributed by atoms with Crippen LogP contribution in [0.4, 0.5) is 5.69 Å². The standard InChI is InChI=1S/C7H10NO3P/c1-11-5-2-3-6(8)7(4-5)12(9)10/h2-4,9-10H,8H2,1H3. The molecule has 0 saturated heterocycles. The van der Waals surface area contributed by atoms with Gasteiger partial charge in [-0.05, 0) is 18.2 Å². The Labute approximate surface area is 71.5 Å². The fourth-order valence-electron chi connectivity index (χ4n) is 0.824. The summed E-state index contributed by atoms with van der Waals surface area (Å²) in [6, 6.07) is 4.76. The van der Waals surface area contributed by atoms with Gasteiger partial charge in [0.25, 0.3) is 0 Å². The molecule has 0 aliphatic heterocycles. The van der Waals surface area contributed by atoms with E-state index in [-0.39, 0.29) is 0 Å². The lowest BCUT2D eigenvalue weighted by molar-refractivity contribution is 0.415. The molecule has 4 N–H and O–H groups in total. The summed E-state index contributed by atoms with van der Waals surface area (Å²) >= 11 is 0. The third kappa shape index (κ3) is 1.85. The number of nitrogen functional groups attached to an aromatic ring is 1. The Bertz CT molecular complexity index is 277. The summed E-state index contributed by atoms with van der Waals surface area (Å²) in [6.07, 6.45) is 0. The summed E-state index contributed by atoms with van der Waals surface area (Å²) in [7, 11) is -0.637. The van der Waals surface area contributed by atoms with Gasteiger partial charge in [0.1, 0.15) is 5.75 Å². The molecule has 0 radical (unpaired) electrons. The normalized spacial score (nSPS) is 10.3. The molecule has 0 aromatic heterocycles. The van der Waals surface area contributed by atoms with Gasteiger partial charge in [-0.25, -0.2) is 0 Å². The summed E-state index contributed by atoms with van der Waals surface area (Å²) in [4.78, 5) is 17.8. The highest BCUT2D eigenvalue weighted by atomic mass is 31.2. The van der Waals surface area contributed by atoms with E-state index in [1.165, 1.54) is 13.2 Å². The number of methoxy groups -OCH3 is 1. The molecule has 0 aliphatic carbocycles. The van der Waals surface area contributed by atoms with E-state index in [9.17, 15) is 0 Å². The molecule has 0 spiro atoms. The number of ether oxygens (including phenoxy) is 1.